The van der Waals surface area contributed by atoms with Gasteiger partial charge in [0.25, 0.3) is 0 Å². The molecule has 0 spiro atoms. The van der Waals surface area contributed by atoms with Gasteiger partial charge in [-0.25, -0.2) is 9.98 Å². The van der Waals surface area contributed by atoms with E-state index in [-0.39, 0.29) is 11.6 Å². The smallest absolute Gasteiger partial charge is 0.191 e. The number of aryl methyl sites for hydroxylation is 1. The third kappa shape index (κ3) is 6.52. The van der Waals surface area contributed by atoms with Gasteiger partial charge >= 0.3 is 0 Å². The van der Waals surface area contributed by atoms with E-state index in [9.17, 15) is 0 Å². The molecule has 1 unspecified atom stereocenters. The lowest BCUT2D eigenvalue weighted by atomic mass is 9.88. The van der Waals surface area contributed by atoms with Crippen molar-refractivity contribution in [2.75, 3.05) is 26.3 Å². The number of hydrogen-bond donors (Lipinski definition) is 3. The zero-order valence-corrected chi connectivity index (χ0v) is 19.2. The number of guanidine groups is 1. The molecule has 30 heavy (non-hydrogen) atoms. The van der Waals surface area contributed by atoms with E-state index in [0.29, 0.717) is 6.54 Å². The second-order valence-electron chi connectivity index (χ2n) is 7.79. The first-order valence-electron chi connectivity index (χ1n) is 11.0. The van der Waals surface area contributed by atoms with Gasteiger partial charge in [-0.2, -0.15) is 0 Å². The normalized spacial score (nSPS) is 17.5. The quantitative estimate of drug-likeness (QED) is 0.419. The number of thiazole rings is 1. The van der Waals surface area contributed by atoms with Crippen LogP contribution in [0.1, 0.15) is 55.1 Å². The van der Waals surface area contributed by atoms with Gasteiger partial charge in [0, 0.05) is 49.0 Å². The summed E-state index contributed by atoms with van der Waals surface area (Å²) >= 11 is 1.74. The molecule has 1 aromatic carbocycles. The molecule has 0 bridgehead atoms. The van der Waals surface area contributed by atoms with Crippen molar-refractivity contribution in [1.29, 1.82) is 0 Å². The number of ether oxygens (including phenoxy) is 1. The second kappa shape index (κ2) is 11.4. The molecule has 0 amide bonds. The zero-order valence-electron chi connectivity index (χ0n) is 18.4. The van der Waals surface area contributed by atoms with Crippen LogP contribution in [0.5, 0.6) is 0 Å². The summed E-state index contributed by atoms with van der Waals surface area (Å²) < 4.78 is 5.66. The summed E-state index contributed by atoms with van der Waals surface area (Å²) in [6.45, 7) is 10.3. The van der Waals surface area contributed by atoms with Crippen molar-refractivity contribution >= 4 is 17.3 Å². The van der Waals surface area contributed by atoms with Crippen LogP contribution in [-0.2, 0) is 17.7 Å². The summed E-state index contributed by atoms with van der Waals surface area (Å²) in [6.07, 6.45) is 4.93. The lowest BCUT2D eigenvalue weighted by Crippen LogP contribution is -2.58. The Morgan fingerprint density at radius 1 is 1.20 bits per heavy atom. The van der Waals surface area contributed by atoms with E-state index in [4.69, 9.17) is 9.73 Å². The first kappa shape index (κ1) is 22.7. The van der Waals surface area contributed by atoms with Crippen LogP contribution in [0.15, 0.2) is 41.5 Å². The fraction of sp³-hybridized carbons (Fsp3) is 0.565. The van der Waals surface area contributed by atoms with Gasteiger partial charge in [0.1, 0.15) is 5.01 Å². The fourth-order valence-electron chi connectivity index (χ4n) is 3.74. The number of nitrogens with zero attached hydrogens (tertiary/aromatic N) is 2. The standard InChI is InChI=1S/C23H35N5OS/c1-4-20-15-25-21(30-20)16-26-22(24-5-2)27-17-23(11-13-29-14-12-23)28-18(3)19-9-7-6-8-10-19/h6-10,15,18,28H,4-5,11-14,16-17H2,1-3H3,(H2,24,26,27). The summed E-state index contributed by atoms with van der Waals surface area (Å²) in [6, 6.07) is 10.9. The molecule has 0 aliphatic carbocycles. The van der Waals surface area contributed by atoms with Crippen LogP contribution in [-0.4, -0.2) is 42.8 Å². The van der Waals surface area contributed by atoms with E-state index < -0.39 is 0 Å². The molecule has 1 saturated heterocycles. The van der Waals surface area contributed by atoms with Gasteiger partial charge in [-0.15, -0.1) is 11.3 Å². The second-order valence-corrected chi connectivity index (χ2v) is 8.99. The van der Waals surface area contributed by atoms with Crippen molar-refractivity contribution < 1.29 is 4.74 Å². The number of benzene rings is 1. The Bertz CT molecular complexity index is 786. The minimum atomic E-state index is -0.0275. The number of aromatic nitrogens is 1. The molecular weight excluding hydrogens is 394 g/mol. The Morgan fingerprint density at radius 3 is 2.63 bits per heavy atom. The first-order chi connectivity index (χ1) is 14.6. The summed E-state index contributed by atoms with van der Waals surface area (Å²) in [7, 11) is 0. The highest BCUT2D eigenvalue weighted by molar-refractivity contribution is 7.11. The summed E-state index contributed by atoms with van der Waals surface area (Å²) in [5.74, 6) is 0.839. The van der Waals surface area contributed by atoms with Gasteiger partial charge in [0.2, 0.25) is 0 Å². The van der Waals surface area contributed by atoms with Crippen molar-refractivity contribution in [3.05, 3.63) is 52.0 Å². The molecule has 1 fully saturated rings. The lowest BCUT2D eigenvalue weighted by Gasteiger charge is -2.41. The maximum absolute atomic E-state index is 5.66. The molecule has 2 aromatic rings. The Balaban J connectivity index is 1.65. The Kier molecular flexibility index (Phi) is 8.66. The molecule has 0 radical (unpaired) electrons. The van der Waals surface area contributed by atoms with E-state index in [1.807, 2.05) is 6.20 Å². The zero-order chi connectivity index (χ0) is 21.2. The molecule has 6 nitrogen and oxygen atoms in total. The average Bonchev–Trinajstić information content (AvgIpc) is 3.25. The first-order valence-corrected chi connectivity index (χ1v) is 11.8. The van der Waals surface area contributed by atoms with Crippen LogP contribution >= 0.6 is 11.3 Å². The van der Waals surface area contributed by atoms with Crippen LogP contribution in [0.2, 0.25) is 0 Å². The summed E-state index contributed by atoms with van der Waals surface area (Å²) in [4.78, 5) is 10.6. The molecule has 7 heteroatoms. The molecule has 1 aromatic heterocycles. The van der Waals surface area contributed by atoms with Crippen LogP contribution in [0.4, 0.5) is 0 Å². The van der Waals surface area contributed by atoms with Crippen molar-refractivity contribution in [3.63, 3.8) is 0 Å². The van der Waals surface area contributed by atoms with Gasteiger partial charge in [-0.1, -0.05) is 37.3 Å². The van der Waals surface area contributed by atoms with Gasteiger partial charge in [-0.05, 0) is 38.7 Å². The molecule has 2 heterocycles. The number of aliphatic imine (C=N–C) groups is 1. The van der Waals surface area contributed by atoms with Crippen LogP contribution in [0.25, 0.3) is 0 Å². The molecule has 1 atom stereocenters. The highest BCUT2D eigenvalue weighted by atomic mass is 32.1. The average molecular weight is 430 g/mol. The summed E-state index contributed by atoms with van der Waals surface area (Å²) in [5.41, 5.74) is 1.28. The lowest BCUT2D eigenvalue weighted by molar-refractivity contribution is 0.0355. The van der Waals surface area contributed by atoms with Gasteiger partial charge < -0.3 is 20.7 Å². The Morgan fingerprint density at radius 2 is 1.97 bits per heavy atom. The highest BCUT2D eigenvalue weighted by Gasteiger charge is 2.34. The molecule has 1 aliphatic heterocycles. The van der Waals surface area contributed by atoms with Crippen molar-refractivity contribution in [1.82, 2.24) is 20.9 Å². The Hall–Kier alpha value is -1.96. The number of rotatable bonds is 9. The van der Waals surface area contributed by atoms with Crippen molar-refractivity contribution in [2.24, 2.45) is 4.99 Å². The van der Waals surface area contributed by atoms with Gasteiger partial charge in [-0.3, -0.25) is 0 Å². The van der Waals surface area contributed by atoms with E-state index in [1.165, 1.54) is 10.4 Å². The monoisotopic (exact) mass is 429 g/mol. The maximum atomic E-state index is 5.66. The van der Waals surface area contributed by atoms with E-state index in [2.05, 4.69) is 72.0 Å². The SMILES string of the molecule is CCNC(=NCc1ncc(CC)s1)NCC1(NC(C)c2ccccc2)CCOCC1. The third-order valence-corrected chi connectivity index (χ3v) is 6.66. The molecule has 164 valence electrons. The predicted molar refractivity (Wildman–Crippen MR) is 125 cm³/mol. The third-order valence-electron chi connectivity index (χ3n) is 5.53. The topological polar surface area (TPSA) is 70.6 Å². The molecule has 1 aliphatic rings. The van der Waals surface area contributed by atoms with Crippen LogP contribution in [0, 0.1) is 0 Å². The van der Waals surface area contributed by atoms with Crippen LogP contribution < -0.4 is 16.0 Å². The van der Waals surface area contributed by atoms with E-state index >= 15 is 0 Å². The van der Waals surface area contributed by atoms with Gasteiger partial charge in [0.05, 0.1) is 6.54 Å². The van der Waals surface area contributed by atoms with E-state index in [1.54, 1.807) is 11.3 Å². The minimum Gasteiger partial charge on any atom is -0.381 e. The Labute approximate surface area is 184 Å². The summed E-state index contributed by atoms with van der Waals surface area (Å²) in [5, 5.41) is 11.9. The molecule has 3 rings (SSSR count). The van der Waals surface area contributed by atoms with E-state index in [0.717, 1.165) is 56.5 Å². The largest absolute Gasteiger partial charge is 0.381 e. The molecule has 0 saturated carbocycles. The van der Waals surface area contributed by atoms with Crippen molar-refractivity contribution in [3.8, 4) is 0 Å². The number of nitrogens with one attached hydrogen (secondary N) is 3. The maximum Gasteiger partial charge on any atom is 0.191 e. The predicted octanol–water partition coefficient (Wildman–Crippen LogP) is 3.66. The minimum absolute atomic E-state index is 0.0275. The molecular formula is C23H35N5OS. The van der Waals surface area contributed by atoms with Crippen molar-refractivity contribution in [2.45, 2.75) is 58.2 Å². The highest BCUT2D eigenvalue weighted by Crippen LogP contribution is 2.25. The number of hydrogen-bond acceptors (Lipinski definition) is 5. The van der Waals surface area contributed by atoms with Crippen LogP contribution in [0.3, 0.4) is 0 Å². The fourth-order valence-corrected chi connectivity index (χ4v) is 4.53. The van der Waals surface area contributed by atoms with Gasteiger partial charge in [0.15, 0.2) is 5.96 Å². The molecule has 3 N–H and O–H groups in total.